The number of aromatic amines is 1. The van der Waals surface area contributed by atoms with Crippen LogP contribution in [-0.2, 0) is 4.74 Å². The molecule has 0 aliphatic carbocycles. The zero-order chi connectivity index (χ0) is 17.4. The highest BCUT2D eigenvalue weighted by molar-refractivity contribution is 5.91. The average Bonchev–Trinajstić information content (AvgIpc) is 3.10. The second-order valence-electron chi connectivity index (χ2n) is 6.85. The number of H-pyrrole nitrogens is 1. The number of ether oxygens (including phenoxy) is 1. The van der Waals surface area contributed by atoms with E-state index < -0.39 is 0 Å². The van der Waals surface area contributed by atoms with Crippen molar-refractivity contribution in [2.75, 3.05) is 24.7 Å². The number of rotatable bonds is 3. The molecule has 1 aliphatic rings. The molecule has 0 unspecified atom stereocenters. The quantitative estimate of drug-likeness (QED) is 0.794. The second-order valence-corrected chi connectivity index (χ2v) is 6.85. The number of hydrogen-bond donors (Lipinski definition) is 1. The largest absolute Gasteiger partial charge is 0.377 e. The van der Waals surface area contributed by atoms with Gasteiger partial charge in [0.25, 0.3) is 0 Å². The molecular weight excluding hydrogens is 314 g/mol. The summed E-state index contributed by atoms with van der Waals surface area (Å²) in [6.07, 6.45) is 3.70. The van der Waals surface area contributed by atoms with Crippen molar-refractivity contribution in [3.05, 3.63) is 36.3 Å². The summed E-state index contributed by atoms with van der Waals surface area (Å²) in [4.78, 5) is 19.6. The van der Waals surface area contributed by atoms with Gasteiger partial charge in [-0.1, -0.05) is 13.8 Å². The predicted molar refractivity (Wildman–Crippen MR) is 98.8 cm³/mol. The van der Waals surface area contributed by atoms with E-state index >= 15 is 0 Å². The van der Waals surface area contributed by atoms with Crippen molar-refractivity contribution >= 4 is 16.9 Å². The van der Waals surface area contributed by atoms with E-state index in [-0.39, 0.29) is 0 Å². The molecule has 6 nitrogen and oxygen atoms in total. The molecule has 1 aliphatic heterocycles. The van der Waals surface area contributed by atoms with Crippen molar-refractivity contribution in [2.45, 2.75) is 32.7 Å². The van der Waals surface area contributed by atoms with Gasteiger partial charge in [-0.25, -0.2) is 15.0 Å². The number of pyridine rings is 1. The zero-order valence-corrected chi connectivity index (χ0v) is 14.9. The zero-order valence-electron chi connectivity index (χ0n) is 14.9. The van der Waals surface area contributed by atoms with Crippen LogP contribution < -0.4 is 4.90 Å². The van der Waals surface area contributed by atoms with Crippen molar-refractivity contribution in [1.29, 1.82) is 0 Å². The van der Waals surface area contributed by atoms with Gasteiger partial charge in [0.15, 0.2) is 5.82 Å². The van der Waals surface area contributed by atoms with Gasteiger partial charge in [0, 0.05) is 41.6 Å². The molecule has 4 rings (SSSR count). The van der Waals surface area contributed by atoms with Crippen LogP contribution in [0.3, 0.4) is 0 Å². The van der Waals surface area contributed by atoms with Gasteiger partial charge in [-0.05, 0) is 25.0 Å². The summed E-state index contributed by atoms with van der Waals surface area (Å²) < 4.78 is 5.58. The van der Waals surface area contributed by atoms with E-state index in [9.17, 15) is 0 Å². The minimum Gasteiger partial charge on any atom is -0.377 e. The molecule has 1 saturated heterocycles. The van der Waals surface area contributed by atoms with Crippen LogP contribution in [0.2, 0.25) is 0 Å². The lowest BCUT2D eigenvalue weighted by atomic mass is 10.1. The van der Waals surface area contributed by atoms with Crippen molar-refractivity contribution < 1.29 is 4.74 Å². The molecule has 0 amide bonds. The fourth-order valence-electron chi connectivity index (χ4n) is 3.24. The number of anilines is 1. The summed E-state index contributed by atoms with van der Waals surface area (Å²) in [5.41, 5.74) is 2.92. The van der Waals surface area contributed by atoms with Crippen LogP contribution >= 0.6 is 0 Å². The molecule has 0 radical (unpaired) electrons. The monoisotopic (exact) mass is 337 g/mol. The van der Waals surface area contributed by atoms with E-state index in [2.05, 4.69) is 41.7 Å². The lowest BCUT2D eigenvalue weighted by Crippen LogP contribution is -2.44. The van der Waals surface area contributed by atoms with Crippen LogP contribution in [-0.4, -0.2) is 45.7 Å². The first kappa shape index (κ1) is 16.0. The van der Waals surface area contributed by atoms with Crippen LogP contribution in [0.5, 0.6) is 0 Å². The Morgan fingerprint density at radius 1 is 1.28 bits per heavy atom. The van der Waals surface area contributed by atoms with E-state index in [1.54, 1.807) is 6.20 Å². The summed E-state index contributed by atoms with van der Waals surface area (Å²) in [5, 5.41) is 1.05. The number of aromatic nitrogens is 4. The van der Waals surface area contributed by atoms with Gasteiger partial charge >= 0.3 is 0 Å². The summed E-state index contributed by atoms with van der Waals surface area (Å²) in [6, 6.07) is 6.44. The Hall–Kier alpha value is -2.47. The van der Waals surface area contributed by atoms with Gasteiger partial charge in [0.2, 0.25) is 0 Å². The minimum absolute atomic E-state index is 0.307. The highest BCUT2D eigenvalue weighted by atomic mass is 16.5. The maximum atomic E-state index is 5.58. The fourth-order valence-corrected chi connectivity index (χ4v) is 3.24. The third kappa shape index (κ3) is 2.98. The molecule has 0 bridgehead atoms. The smallest absolute Gasteiger partial charge is 0.162 e. The first-order valence-corrected chi connectivity index (χ1v) is 8.79. The molecule has 1 atom stereocenters. The van der Waals surface area contributed by atoms with Gasteiger partial charge < -0.3 is 14.6 Å². The Balaban J connectivity index is 1.86. The molecule has 1 N–H and O–H groups in total. The molecule has 3 aromatic rings. The summed E-state index contributed by atoms with van der Waals surface area (Å²) in [7, 11) is 0. The van der Waals surface area contributed by atoms with Gasteiger partial charge in [-0.2, -0.15) is 0 Å². The second kappa shape index (κ2) is 6.44. The summed E-state index contributed by atoms with van der Waals surface area (Å²) in [6.45, 7) is 8.82. The number of nitrogens with one attached hydrogen (secondary N) is 1. The van der Waals surface area contributed by atoms with Crippen LogP contribution in [0.4, 0.5) is 5.82 Å². The normalized spacial score (nSPS) is 18.2. The van der Waals surface area contributed by atoms with Gasteiger partial charge in [-0.3, -0.25) is 0 Å². The molecule has 130 valence electrons. The molecule has 0 spiro atoms. The lowest BCUT2D eigenvalue weighted by Gasteiger charge is -2.34. The average molecular weight is 337 g/mol. The number of nitrogens with zero attached hydrogens (tertiary/aromatic N) is 4. The topological polar surface area (TPSA) is 66.9 Å². The first-order chi connectivity index (χ1) is 12.1. The SMILES string of the molecule is CC(C)c1cc(N2CCOC[C@H]2C)nc(-c2ccnc3[nH]ccc23)n1. The van der Waals surface area contributed by atoms with Gasteiger partial charge in [0.05, 0.1) is 19.3 Å². The third-order valence-electron chi connectivity index (χ3n) is 4.69. The Kier molecular flexibility index (Phi) is 4.13. The minimum atomic E-state index is 0.307. The lowest BCUT2D eigenvalue weighted by molar-refractivity contribution is 0.0985. The molecule has 6 heteroatoms. The van der Waals surface area contributed by atoms with E-state index in [0.29, 0.717) is 12.0 Å². The number of hydrogen-bond acceptors (Lipinski definition) is 5. The Morgan fingerprint density at radius 2 is 2.16 bits per heavy atom. The van der Waals surface area contributed by atoms with Crippen molar-refractivity contribution in [3.8, 4) is 11.4 Å². The van der Waals surface area contributed by atoms with E-state index in [1.807, 2.05) is 18.3 Å². The fraction of sp³-hybridized carbons (Fsp3) is 0.421. The maximum Gasteiger partial charge on any atom is 0.162 e. The molecule has 4 heterocycles. The number of morpholine rings is 1. The van der Waals surface area contributed by atoms with E-state index in [1.165, 1.54) is 0 Å². The molecule has 1 fully saturated rings. The Bertz CT molecular complexity index is 888. The standard InChI is InChI=1S/C19H23N5O/c1-12(2)16-10-17(24-8-9-25-11-13(24)3)23-19(22-16)15-5-7-21-18-14(15)4-6-20-18/h4-7,10,12-13H,8-9,11H2,1-3H3,(H,20,21)/t13-/m1/s1. The molecule has 25 heavy (non-hydrogen) atoms. The summed E-state index contributed by atoms with van der Waals surface area (Å²) >= 11 is 0. The van der Waals surface area contributed by atoms with Gasteiger partial charge in [-0.15, -0.1) is 0 Å². The van der Waals surface area contributed by atoms with Crippen molar-refractivity contribution in [2.24, 2.45) is 0 Å². The highest BCUT2D eigenvalue weighted by Gasteiger charge is 2.22. The van der Waals surface area contributed by atoms with E-state index in [4.69, 9.17) is 14.7 Å². The van der Waals surface area contributed by atoms with Crippen LogP contribution in [0, 0.1) is 0 Å². The summed E-state index contributed by atoms with van der Waals surface area (Å²) in [5.74, 6) is 2.07. The van der Waals surface area contributed by atoms with Crippen LogP contribution in [0.25, 0.3) is 22.4 Å². The number of fused-ring (bicyclic) bond motifs is 1. The highest BCUT2D eigenvalue weighted by Crippen LogP contribution is 2.29. The van der Waals surface area contributed by atoms with Gasteiger partial charge in [0.1, 0.15) is 11.5 Å². The maximum absolute atomic E-state index is 5.58. The molecule has 0 saturated carbocycles. The Labute approximate surface area is 147 Å². The van der Waals surface area contributed by atoms with Crippen molar-refractivity contribution in [3.63, 3.8) is 0 Å². The predicted octanol–water partition coefficient (Wildman–Crippen LogP) is 3.37. The first-order valence-electron chi connectivity index (χ1n) is 8.79. The Morgan fingerprint density at radius 3 is 2.96 bits per heavy atom. The molecular formula is C19H23N5O. The van der Waals surface area contributed by atoms with Crippen molar-refractivity contribution in [1.82, 2.24) is 19.9 Å². The van der Waals surface area contributed by atoms with E-state index in [0.717, 1.165) is 53.7 Å². The van der Waals surface area contributed by atoms with Crippen LogP contribution in [0.1, 0.15) is 32.4 Å². The third-order valence-corrected chi connectivity index (χ3v) is 4.69. The molecule has 0 aromatic carbocycles. The van der Waals surface area contributed by atoms with Crippen LogP contribution in [0.15, 0.2) is 30.6 Å². The molecule has 3 aromatic heterocycles.